The van der Waals surface area contributed by atoms with Gasteiger partial charge in [-0.3, -0.25) is 0 Å². The zero-order chi connectivity index (χ0) is 10.4. The summed E-state index contributed by atoms with van der Waals surface area (Å²) >= 11 is 5.98. The molecule has 14 heavy (non-hydrogen) atoms. The van der Waals surface area contributed by atoms with Gasteiger partial charge in [-0.1, -0.05) is 31.9 Å². The predicted octanol–water partition coefficient (Wildman–Crippen LogP) is 2.52. The quantitative estimate of drug-likeness (QED) is 0.766. The fourth-order valence-corrected chi connectivity index (χ4v) is 1.49. The number of hydrogen-bond acceptors (Lipinski definition) is 2. The predicted molar refractivity (Wildman–Crippen MR) is 59.6 cm³/mol. The van der Waals surface area contributed by atoms with E-state index >= 15 is 0 Å². The number of hydrogen-bond donors (Lipinski definition) is 2. The highest BCUT2D eigenvalue weighted by Crippen LogP contribution is 2.13. The number of rotatable bonds is 6. The Morgan fingerprint density at radius 3 is 2.86 bits per heavy atom. The summed E-state index contributed by atoms with van der Waals surface area (Å²) < 4.78 is 0. The molecule has 0 saturated heterocycles. The van der Waals surface area contributed by atoms with Crippen LogP contribution >= 0.6 is 11.6 Å². The van der Waals surface area contributed by atoms with Gasteiger partial charge >= 0.3 is 0 Å². The molecular formula is C10H18ClN3. The number of nitrogens with zero attached hydrogens (tertiary/aromatic N) is 1. The van der Waals surface area contributed by atoms with Gasteiger partial charge in [0.15, 0.2) is 5.15 Å². The van der Waals surface area contributed by atoms with Crippen LogP contribution in [0.4, 0.5) is 0 Å². The number of aromatic amines is 1. The first-order valence-corrected chi connectivity index (χ1v) is 5.59. The summed E-state index contributed by atoms with van der Waals surface area (Å²) in [6.07, 6.45) is 3.33. The molecule has 0 fully saturated rings. The average molecular weight is 216 g/mol. The van der Waals surface area contributed by atoms with Gasteiger partial charge in [0.05, 0.1) is 5.69 Å². The molecule has 0 atom stereocenters. The van der Waals surface area contributed by atoms with Crippen molar-refractivity contribution in [1.29, 1.82) is 0 Å². The Kier molecular flexibility index (Phi) is 4.98. The Morgan fingerprint density at radius 2 is 2.21 bits per heavy atom. The van der Waals surface area contributed by atoms with Crippen LogP contribution in [0, 0.1) is 0 Å². The van der Waals surface area contributed by atoms with Crippen molar-refractivity contribution in [3.63, 3.8) is 0 Å². The van der Waals surface area contributed by atoms with Crippen LogP contribution < -0.4 is 5.32 Å². The van der Waals surface area contributed by atoms with E-state index in [1.807, 2.05) is 0 Å². The van der Waals surface area contributed by atoms with Gasteiger partial charge in [0.25, 0.3) is 0 Å². The lowest BCUT2D eigenvalue weighted by Gasteiger charge is -1.97. The van der Waals surface area contributed by atoms with Gasteiger partial charge in [-0.15, -0.1) is 0 Å². The standard InChI is InChI=1S/C10H18ClN3/c1-3-5-6-9-13-8(7-12-4-2)10(11)14-9/h12H,3-7H2,1-2H3,(H,13,14). The Labute approximate surface area is 90.3 Å². The molecule has 0 bridgehead atoms. The third-order valence-corrected chi connectivity index (χ3v) is 2.41. The van der Waals surface area contributed by atoms with E-state index in [1.165, 1.54) is 6.42 Å². The minimum atomic E-state index is 0.608. The summed E-state index contributed by atoms with van der Waals surface area (Å²) in [6, 6.07) is 0. The number of unbranched alkanes of at least 4 members (excludes halogenated alkanes) is 1. The molecule has 0 aliphatic heterocycles. The highest BCUT2D eigenvalue weighted by atomic mass is 35.5. The summed E-state index contributed by atoms with van der Waals surface area (Å²) in [5, 5.41) is 3.83. The van der Waals surface area contributed by atoms with E-state index in [0.717, 1.165) is 37.4 Å². The number of aromatic nitrogens is 2. The topological polar surface area (TPSA) is 40.7 Å². The maximum atomic E-state index is 5.98. The van der Waals surface area contributed by atoms with Gasteiger partial charge in [-0.25, -0.2) is 4.98 Å². The number of aryl methyl sites for hydroxylation is 1. The number of halogens is 1. The summed E-state index contributed by atoms with van der Waals surface area (Å²) in [6.45, 7) is 5.96. The van der Waals surface area contributed by atoms with Crippen LogP contribution in [0.15, 0.2) is 0 Å². The van der Waals surface area contributed by atoms with E-state index in [4.69, 9.17) is 11.6 Å². The van der Waals surface area contributed by atoms with E-state index in [-0.39, 0.29) is 0 Å². The van der Waals surface area contributed by atoms with Crippen LogP contribution in [0.2, 0.25) is 5.15 Å². The van der Waals surface area contributed by atoms with Crippen LogP contribution in [0.5, 0.6) is 0 Å². The molecule has 0 aromatic carbocycles. The molecular weight excluding hydrogens is 198 g/mol. The molecule has 0 saturated carbocycles. The van der Waals surface area contributed by atoms with Crippen molar-refractivity contribution < 1.29 is 0 Å². The third-order valence-electron chi connectivity index (χ3n) is 2.10. The van der Waals surface area contributed by atoms with Gasteiger partial charge in [0, 0.05) is 13.0 Å². The molecule has 2 N–H and O–H groups in total. The van der Waals surface area contributed by atoms with Crippen molar-refractivity contribution in [3.05, 3.63) is 16.7 Å². The molecule has 0 spiro atoms. The lowest BCUT2D eigenvalue weighted by Crippen LogP contribution is -2.12. The van der Waals surface area contributed by atoms with Gasteiger partial charge in [0.2, 0.25) is 0 Å². The van der Waals surface area contributed by atoms with Gasteiger partial charge < -0.3 is 10.3 Å². The molecule has 0 amide bonds. The van der Waals surface area contributed by atoms with Crippen molar-refractivity contribution in [2.75, 3.05) is 6.54 Å². The third kappa shape index (κ3) is 3.31. The summed E-state index contributed by atoms with van der Waals surface area (Å²) in [5.74, 6) is 1.00. The molecule has 0 aliphatic carbocycles. The zero-order valence-electron chi connectivity index (χ0n) is 8.86. The van der Waals surface area contributed by atoms with Gasteiger partial charge in [-0.2, -0.15) is 0 Å². The molecule has 1 aromatic heterocycles. The van der Waals surface area contributed by atoms with Crippen molar-refractivity contribution >= 4 is 11.6 Å². The van der Waals surface area contributed by atoms with Gasteiger partial charge in [0.1, 0.15) is 5.82 Å². The van der Waals surface area contributed by atoms with E-state index in [2.05, 4.69) is 29.1 Å². The Balaban J connectivity index is 2.53. The number of imidazole rings is 1. The van der Waals surface area contributed by atoms with E-state index in [1.54, 1.807) is 0 Å². The van der Waals surface area contributed by atoms with Crippen LogP contribution in [-0.4, -0.2) is 16.5 Å². The largest absolute Gasteiger partial charge is 0.344 e. The second-order valence-corrected chi connectivity index (χ2v) is 3.69. The Morgan fingerprint density at radius 1 is 1.43 bits per heavy atom. The Bertz CT molecular complexity index is 270. The molecule has 0 aliphatic rings. The maximum Gasteiger partial charge on any atom is 0.151 e. The first-order chi connectivity index (χ1) is 6.77. The molecule has 0 unspecified atom stereocenters. The first-order valence-electron chi connectivity index (χ1n) is 5.21. The SMILES string of the molecule is CCCCc1nc(Cl)c(CNCC)[nH]1. The normalized spacial score (nSPS) is 10.8. The second kappa shape index (κ2) is 6.04. The van der Waals surface area contributed by atoms with Crippen molar-refractivity contribution in [1.82, 2.24) is 15.3 Å². The highest BCUT2D eigenvalue weighted by Gasteiger charge is 2.06. The molecule has 4 heteroatoms. The van der Waals surface area contributed by atoms with Crippen LogP contribution in [0.25, 0.3) is 0 Å². The lowest BCUT2D eigenvalue weighted by molar-refractivity contribution is 0.707. The van der Waals surface area contributed by atoms with Crippen LogP contribution in [0.3, 0.4) is 0 Å². The monoisotopic (exact) mass is 215 g/mol. The van der Waals surface area contributed by atoms with E-state index in [9.17, 15) is 0 Å². The van der Waals surface area contributed by atoms with Crippen molar-refractivity contribution in [2.45, 2.75) is 39.7 Å². The highest BCUT2D eigenvalue weighted by molar-refractivity contribution is 6.30. The maximum absolute atomic E-state index is 5.98. The minimum absolute atomic E-state index is 0.608. The molecule has 1 heterocycles. The smallest absolute Gasteiger partial charge is 0.151 e. The van der Waals surface area contributed by atoms with E-state index in [0.29, 0.717) is 5.15 Å². The van der Waals surface area contributed by atoms with Crippen LogP contribution in [-0.2, 0) is 13.0 Å². The number of nitrogens with one attached hydrogen (secondary N) is 2. The van der Waals surface area contributed by atoms with Gasteiger partial charge in [-0.05, 0) is 13.0 Å². The van der Waals surface area contributed by atoms with Crippen molar-refractivity contribution in [3.8, 4) is 0 Å². The molecule has 80 valence electrons. The van der Waals surface area contributed by atoms with E-state index < -0.39 is 0 Å². The minimum Gasteiger partial charge on any atom is -0.344 e. The summed E-state index contributed by atoms with van der Waals surface area (Å²) in [4.78, 5) is 7.52. The second-order valence-electron chi connectivity index (χ2n) is 3.34. The fraction of sp³-hybridized carbons (Fsp3) is 0.700. The lowest BCUT2D eigenvalue weighted by atomic mass is 10.2. The van der Waals surface area contributed by atoms with Crippen LogP contribution in [0.1, 0.15) is 38.2 Å². The average Bonchev–Trinajstić information content (AvgIpc) is 2.53. The summed E-state index contributed by atoms with van der Waals surface area (Å²) in [7, 11) is 0. The Hall–Kier alpha value is -0.540. The molecule has 1 rings (SSSR count). The summed E-state index contributed by atoms with van der Waals surface area (Å²) in [5.41, 5.74) is 1.000. The molecule has 3 nitrogen and oxygen atoms in total. The van der Waals surface area contributed by atoms with Crippen molar-refractivity contribution in [2.24, 2.45) is 0 Å². The molecule has 1 aromatic rings. The molecule has 0 radical (unpaired) electrons. The number of H-pyrrole nitrogens is 1. The zero-order valence-corrected chi connectivity index (χ0v) is 9.62. The first kappa shape index (κ1) is 11.5. The fourth-order valence-electron chi connectivity index (χ4n) is 1.27.